The lowest BCUT2D eigenvalue weighted by atomic mass is 10.1. The molecular weight excluding hydrogens is 194 g/mol. The fourth-order valence-electron chi connectivity index (χ4n) is 1.20. The van der Waals surface area contributed by atoms with Crippen LogP contribution < -0.4 is 5.32 Å². The zero-order valence-electron chi connectivity index (χ0n) is 8.92. The third-order valence-electron chi connectivity index (χ3n) is 2.24. The Morgan fingerprint density at radius 1 is 1.57 bits per heavy atom. The third kappa shape index (κ3) is 4.67. The molecule has 0 aliphatic heterocycles. The van der Waals surface area contributed by atoms with E-state index in [0.717, 1.165) is 10.9 Å². The summed E-state index contributed by atoms with van der Waals surface area (Å²) in [6, 6.07) is 0.642. The summed E-state index contributed by atoms with van der Waals surface area (Å²) in [5.74, 6) is 1.16. The first-order valence-corrected chi connectivity index (χ1v) is 6.11. The Morgan fingerprint density at radius 2 is 2.43 bits per heavy atom. The molecule has 1 atom stereocenters. The molecule has 0 radical (unpaired) electrons. The van der Waals surface area contributed by atoms with Crippen LogP contribution in [0.4, 0.5) is 0 Å². The van der Waals surface area contributed by atoms with Crippen molar-refractivity contribution in [3.63, 3.8) is 0 Å². The van der Waals surface area contributed by atoms with Crippen molar-refractivity contribution in [2.24, 2.45) is 0 Å². The van der Waals surface area contributed by atoms with Crippen LogP contribution >= 0.6 is 11.8 Å². The molecule has 4 heteroatoms. The van der Waals surface area contributed by atoms with E-state index in [-0.39, 0.29) is 0 Å². The van der Waals surface area contributed by atoms with Crippen molar-refractivity contribution in [3.05, 3.63) is 12.4 Å². The first kappa shape index (κ1) is 11.6. The maximum atomic E-state index is 4.16. The lowest BCUT2D eigenvalue weighted by Gasteiger charge is -2.08. The lowest BCUT2D eigenvalue weighted by molar-refractivity contribution is 0.538. The summed E-state index contributed by atoms with van der Waals surface area (Å²) in [4.78, 5) is 7.25. The van der Waals surface area contributed by atoms with Crippen LogP contribution in [0.2, 0.25) is 0 Å². The van der Waals surface area contributed by atoms with E-state index in [1.165, 1.54) is 19.3 Å². The van der Waals surface area contributed by atoms with Gasteiger partial charge in [-0.2, -0.15) is 0 Å². The lowest BCUT2D eigenvalue weighted by Crippen LogP contribution is -2.20. The first-order chi connectivity index (χ1) is 6.83. The third-order valence-corrected chi connectivity index (χ3v) is 3.23. The van der Waals surface area contributed by atoms with Crippen molar-refractivity contribution < 1.29 is 0 Å². The molecule has 1 rings (SSSR count). The standard InChI is InChI=1S/C10H19N3S/c1-9(11-2)5-3-4-8-14-10-12-6-7-13-10/h6-7,9,11H,3-5,8H2,1-2H3,(H,12,13). The van der Waals surface area contributed by atoms with Crippen molar-refractivity contribution in [2.45, 2.75) is 37.4 Å². The molecule has 0 fully saturated rings. The number of hydrogen-bond acceptors (Lipinski definition) is 3. The van der Waals surface area contributed by atoms with Gasteiger partial charge in [0.15, 0.2) is 5.16 Å². The normalized spacial score (nSPS) is 13.0. The van der Waals surface area contributed by atoms with Gasteiger partial charge in [-0.1, -0.05) is 18.2 Å². The van der Waals surface area contributed by atoms with Gasteiger partial charge in [0.05, 0.1) is 0 Å². The molecule has 0 aromatic carbocycles. The Balaban J connectivity index is 1.95. The van der Waals surface area contributed by atoms with Gasteiger partial charge in [0.1, 0.15) is 0 Å². The highest BCUT2D eigenvalue weighted by atomic mass is 32.2. The van der Waals surface area contributed by atoms with Crippen LogP contribution in [0.25, 0.3) is 0 Å². The molecule has 1 unspecified atom stereocenters. The van der Waals surface area contributed by atoms with Crippen molar-refractivity contribution in [1.29, 1.82) is 0 Å². The molecule has 0 saturated heterocycles. The topological polar surface area (TPSA) is 40.7 Å². The van der Waals surface area contributed by atoms with Crippen LogP contribution in [0.15, 0.2) is 17.6 Å². The average Bonchev–Trinajstić information content (AvgIpc) is 2.69. The monoisotopic (exact) mass is 213 g/mol. The van der Waals surface area contributed by atoms with Crippen LogP contribution in [0.1, 0.15) is 26.2 Å². The minimum atomic E-state index is 0.642. The van der Waals surface area contributed by atoms with Gasteiger partial charge in [0.2, 0.25) is 0 Å². The first-order valence-electron chi connectivity index (χ1n) is 5.12. The number of nitrogens with one attached hydrogen (secondary N) is 2. The molecule has 1 heterocycles. The van der Waals surface area contributed by atoms with E-state index in [9.17, 15) is 0 Å². The minimum Gasteiger partial charge on any atom is -0.340 e. The molecule has 0 aliphatic rings. The predicted octanol–water partition coefficient (Wildman–Crippen LogP) is 2.28. The van der Waals surface area contributed by atoms with Crippen molar-refractivity contribution in [2.75, 3.05) is 12.8 Å². The molecule has 1 aromatic rings. The Labute approximate surface area is 90.1 Å². The average molecular weight is 213 g/mol. The van der Waals surface area contributed by atoms with E-state index in [1.54, 1.807) is 18.0 Å². The molecule has 0 spiro atoms. The minimum absolute atomic E-state index is 0.642. The van der Waals surface area contributed by atoms with Crippen LogP contribution in [0.3, 0.4) is 0 Å². The van der Waals surface area contributed by atoms with Crippen LogP contribution in [-0.2, 0) is 0 Å². The fourth-order valence-corrected chi connectivity index (χ4v) is 2.02. The van der Waals surface area contributed by atoms with Crippen LogP contribution in [0, 0.1) is 0 Å². The summed E-state index contributed by atoms with van der Waals surface area (Å²) < 4.78 is 0. The number of aromatic nitrogens is 2. The number of hydrogen-bond donors (Lipinski definition) is 2. The number of rotatable bonds is 7. The molecule has 0 aliphatic carbocycles. The zero-order chi connectivity index (χ0) is 10.2. The molecular formula is C10H19N3S. The summed E-state index contributed by atoms with van der Waals surface area (Å²) in [6.07, 6.45) is 7.47. The van der Waals surface area contributed by atoms with Gasteiger partial charge < -0.3 is 10.3 Å². The van der Waals surface area contributed by atoms with Crippen molar-refractivity contribution in [3.8, 4) is 0 Å². The van der Waals surface area contributed by atoms with E-state index in [0.29, 0.717) is 6.04 Å². The van der Waals surface area contributed by atoms with Crippen molar-refractivity contribution in [1.82, 2.24) is 15.3 Å². The summed E-state index contributed by atoms with van der Waals surface area (Å²) >= 11 is 1.80. The predicted molar refractivity (Wildman–Crippen MR) is 61.7 cm³/mol. The van der Waals surface area contributed by atoms with Crippen molar-refractivity contribution >= 4 is 11.8 Å². The highest BCUT2D eigenvalue weighted by Gasteiger charge is 1.98. The number of H-pyrrole nitrogens is 1. The Bertz CT molecular complexity index is 223. The molecule has 3 nitrogen and oxygen atoms in total. The number of unbranched alkanes of at least 4 members (excludes halogenated alkanes) is 1. The van der Waals surface area contributed by atoms with E-state index in [4.69, 9.17) is 0 Å². The number of thioether (sulfide) groups is 1. The molecule has 14 heavy (non-hydrogen) atoms. The number of nitrogens with zero attached hydrogens (tertiary/aromatic N) is 1. The quantitative estimate of drug-likeness (QED) is 0.539. The van der Waals surface area contributed by atoms with E-state index in [1.807, 2.05) is 13.2 Å². The molecule has 0 amide bonds. The summed E-state index contributed by atoms with van der Waals surface area (Å²) in [5.41, 5.74) is 0. The molecule has 0 bridgehead atoms. The Hall–Kier alpha value is -0.480. The Morgan fingerprint density at radius 3 is 3.07 bits per heavy atom. The highest BCUT2D eigenvalue weighted by Crippen LogP contribution is 2.14. The largest absolute Gasteiger partial charge is 0.340 e. The maximum Gasteiger partial charge on any atom is 0.165 e. The summed E-state index contributed by atoms with van der Waals surface area (Å²) in [6.45, 7) is 2.22. The van der Waals surface area contributed by atoms with Crippen LogP contribution in [-0.4, -0.2) is 28.8 Å². The zero-order valence-corrected chi connectivity index (χ0v) is 9.73. The van der Waals surface area contributed by atoms with E-state index >= 15 is 0 Å². The van der Waals surface area contributed by atoms with E-state index in [2.05, 4.69) is 22.2 Å². The van der Waals surface area contributed by atoms with E-state index < -0.39 is 0 Å². The Kier molecular flexibility index (Phi) is 5.71. The number of imidazole rings is 1. The number of aromatic amines is 1. The second-order valence-corrected chi connectivity index (χ2v) is 4.51. The van der Waals surface area contributed by atoms with Gasteiger partial charge in [0.25, 0.3) is 0 Å². The van der Waals surface area contributed by atoms with Crippen LogP contribution in [0.5, 0.6) is 0 Å². The second kappa shape index (κ2) is 6.90. The van der Waals surface area contributed by atoms with Gasteiger partial charge in [-0.15, -0.1) is 0 Å². The summed E-state index contributed by atoms with van der Waals surface area (Å²) in [7, 11) is 2.02. The SMILES string of the molecule is CNC(C)CCCCSc1ncc[nH]1. The second-order valence-electron chi connectivity index (χ2n) is 3.43. The van der Waals surface area contributed by atoms with Gasteiger partial charge in [-0.25, -0.2) is 4.98 Å². The molecule has 2 N–H and O–H groups in total. The van der Waals surface area contributed by atoms with Gasteiger partial charge in [-0.05, 0) is 26.8 Å². The smallest absolute Gasteiger partial charge is 0.165 e. The van der Waals surface area contributed by atoms with Gasteiger partial charge in [-0.3, -0.25) is 0 Å². The highest BCUT2D eigenvalue weighted by molar-refractivity contribution is 7.99. The molecule has 1 aromatic heterocycles. The fraction of sp³-hybridized carbons (Fsp3) is 0.700. The van der Waals surface area contributed by atoms with Gasteiger partial charge in [0, 0.05) is 24.2 Å². The maximum absolute atomic E-state index is 4.16. The molecule has 0 saturated carbocycles. The molecule has 80 valence electrons. The summed E-state index contributed by atoms with van der Waals surface area (Å²) in [5, 5.41) is 4.28. The van der Waals surface area contributed by atoms with Gasteiger partial charge >= 0.3 is 0 Å².